The molecule has 0 bridgehead atoms. The van der Waals surface area contributed by atoms with Gasteiger partial charge in [0.15, 0.2) is 0 Å². The third kappa shape index (κ3) is 3.12. The summed E-state index contributed by atoms with van der Waals surface area (Å²) in [5.74, 6) is 1.05. The third-order valence-electron chi connectivity index (χ3n) is 3.67. The van der Waals surface area contributed by atoms with Crippen molar-refractivity contribution < 1.29 is 9.53 Å². The molecule has 2 aliphatic rings. The van der Waals surface area contributed by atoms with Crippen LogP contribution in [0.25, 0.3) is 0 Å². The van der Waals surface area contributed by atoms with Crippen molar-refractivity contribution in [3.63, 3.8) is 0 Å². The molecular formula is C14H19NO2S. The molecule has 1 amide bonds. The van der Waals surface area contributed by atoms with Crippen LogP contribution < -0.4 is 0 Å². The fourth-order valence-electron chi connectivity index (χ4n) is 2.32. The number of carbonyl (C=O) groups excluding carboxylic acids is 1. The highest BCUT2D eigenvalue weighted by atomic mass is 32.1. The van der Waals surface area contributed by atoms with Crippen LogP contribution >= 0.6 is 11.3 Å². The summed E-state index contributed by atoms with van der Waals surface area (Å²) in [6, 6.07) is 4.03. The second kappa shape index (κ2) is 5.41. The first-order chi connectivity index (χ1) is 8.81. The predicted octanol–water partition coefficient (Wildman–Crippen LogP) is 2.32. The van der Waals surface area contributed by atoms with E-state index in [1.54, 1.807) is 11.3 Å². The van der Waals surface area contributed by atoms with Crippen LogP contribution in [0.15, 0.2) is 17.5 Å². The molecule has 3 rings (SSSR count). The zero-order chi connectivity index (χ0) is 12.4. The molecule has 1 aromatic rings. The highest BCUT2D eigenvalue weighted by Gasteiger charge is 2.29. The average molecular weight is 265 g/mol. The van der Waals surface area contributed by atoms with Gasteiger partial charge in [-0.25, -0.2) is 0 Å². The first-order valence-electron chi connectivity index (χ1n) is 6.73. The zero-order valence-corrected chi connectivity index (χ0v) is 11.3. The van der Waals surface area contributed by atoms with Crippen molar-refractivity contribution in [3.05, 3.63) is 22.4 Å². The van der Waals surface area contributed by atoms with Crippen molar-refractivity contribution in [2.75, 3.05) is 19.7 Å². The average Bonchev–Trinajstić information content (AvgIpc) is 2.88. The topological polar surface area (TPSA) is 29.5 Å². The van der Waals surface area contributed by atoms with Gasteiger partial charge in [-0.05, 0) is 36.6 Å². The van der Waals surface area contributed by atoms with E-state index in [1.807, 2.05) is 22.4 Å². The molecule has 1 saturated heterocycles. The van der Waals surface area contributed by atoms with Gasteiger partial charge < -0.3 is 9.64 Å². The van der Waals surface area contributed by atoms with E-state index in [0.29, 0.717) is 6.42 Å². The Morgan fingerprint density at radius 3 is 3.06 bits per heavy atom. The summed E-state index contributed by atoms with van der Waals surface area (Å²) in [7, 11) is 0. The van der Waals surface area contributed by atoms with Crippen LogP contribution in [0.4, 0.5) is 0 Å². The van der Waals surface area contributed by atoms with Crippen molar-refractivity contribution >= 4 is 17.2 Å². The smallest absolute Gasteiger partial charge is 0.227 e. The van der Waals surface area contributed by atoms with Crippen molar-refractivity contribution in [2.24, 2.45) is 5.92 Å². The van der Waals surface area contributed by atoms with E-state index in [0.717, 1.165) is 36.9 Å². The normalized spacial score (nSPS) is 23.6. The molecule has 0 radical (unpaired) electrons. The Morgan fingerprint density at radius 2 is 2.33 bits per heavy atom. The van der Waals surface area contributed by atoms with Crippen LogP contribution in [0.2, 0.25) is 0 Å². The summed E-state index contributed by atoms with van der Waals surface area (Å²) in [5, 5.41) is 2.02. The molecular weight excluding hydrogens is 246 g/mol. The van der Waals surface area contributed by atoms with E-state index in [9.17, 15) is 4.79 Å². The molecule has 1 atom stereocenters. The number of thiophene rings is 1. The standard InChI is InChI=1S/C14H19NO2S/c16-14(8-13-2-1-7-18-13)15-6-5-12(9-15)17-10-11-3-4-11/h1-2,7,11-12H,3-6,8-10H2/t12-/m0/s1. The van der Waals surface area contributed by atoms with Crippen LogP contribution in [-0.4, -0.2) is 36.6 Å². The number of amides is 1. The lowest BCUT2D eigenvalue weighted by atomic mass is 10.3. The van der Waals surface area contributed by atoms with E-state index >= 15 is 0 Å². The quantitative estimate of drug-likeness (QED) is 0.817. The summed E-state index contributed by atoms with van der Waals surface area (Å²) in [4.78, 5) is 15.2. The van der Waals surface area contributed by atoms with Crippen molar-refractivity contribution in [1.29, 1.82) is 0 Å². The van der Waals surface area contributed by atoms with E-state index in [1.165, 1.54) is 12.8 Å². The Morgan fingerprint density at radius 1 is 1.44 bits per heavy atom. The highest BCUT2D eigenvalue weighted by Crippen LogP contribution is 2.30. The number of hydrogen-bond donors (Lipinski definition) is 0. The molecule has 3 nitrogen and oxygen atoms in total. The van der Waals surface area contributed by atoms with Gasteiger partial charge >= 0.3 is 0 Å². The van der Waals surface area contributed by atoms with Gasteiger partial charge in [0, 0.05) is 24.6 Å². The van der Waals surface area contributed by atoms with Gasteiger partial charge in [0.25, 0.3) is 0 Å². The molecule has 98 valence electrons. The number of ether oxygens (including phenoxy) is 1. The predicted molar refractivity (Wildman–Crippen MR) is 71.7 cm³/mol. The minimum absolute atomic E-state index is 0.245. The lowest BCUT2D eigenvalue weighted by Gasteiger charge is -2.16. The Balaban J connectivity index is 1.44. The molecule has 2 fully saturated rings. The maximum Gasteiger partial charge on any atom is 0.227 e. The van der Waals surface area contributed by atoms with E-state index < -0.39 is 0 Å². The second-order valence-electron chi connectivity index (χ2n) is 5.28. The molecule has 4 heteroatoms. The summed E-state index contributed by atoms with van der Waals surface area (Å²) in [5.41, 5.74) is 0. The van der Waals surface area contributed by atoms with Crippen LogP contribution in [0.5, 0.6) is 0 Å². The van der Waals surface area contributed by atoms with Crippen LogP contribution in [0.3, 0.4) is 0 Å². The summed E-state index contributed by atoms with van der Waals surface area (Å²) < 4.78 is 5.85. The van der Waals surface area contributed by atoms with E-state index in [4.69, 9.17) is 4.74 Å². The molecule has 18 heavy (non-hydrogen) atoms. The minimum Gasteiger partial charge on any atom is -0.376 e. The van der Waals surface area contributed by atoms with Gasteiger partial charge in [0.1, 0.15) is 0 Å². The number of likely N-dealkylation sites (tertiary alicyclic amines) is 1. The maximum absolute atomic E-state index is 12.1. The number of carbonyl (C=O) groups is 1. The van der Waals surface area contributed by atoms with Crippen LogP contribution in [0, 0.1) is 5.92 Å². The van der Waals surface area contributed by atoms with Crippen molar-refractivity contribution in [2.45, 2.75) is 31.8 Å². The summed E-state index contributed by atoms with van der Waals surface area (Å²) in [6.07, 6.45) is 4.48. The number of rotatable bonds is 5. The molecule has 2 heterocycles. The SMILES string of the molecule is O=C(Cc1cccs1)N1CC[C@H](OCC2CC2)C1. The van der Waals surface area contributed by atoms with Gasteiger partial charge in [-0.1, -0.05) is 6.07 Å². The van der Waals surface area contributed by atoms with Crippen LogP contribution in [-0.2, 0) is 16.0 Å². The Bertz CT molecular complexity index is 400. The van der Waals surface area contributed by atoms with Gasteiger partial charge in [0.2, 0.25) is 5.91 Å². The van der Waals surface area contributed by atoms with Crippen molar-refractivity contribution in [1.82, 2.24) is 4.90 Å². The Labute approximate surface area is 112 Å². The van der Waals surface area contributed by atoms with Gasteiger partial charge in [-0.2, -0.15) is 0 Å². The lowest BCUT2D eigenvalue weighted by molar-refractivity contribution is -0.129. The lowest BCUT2D eigenvalue weighted by Crippen LogP contribution is -2.31. The minimum atomic E-state index is 0.245. The second-order valence-corrected chi connectivity index (χ2v) is 6.32. The molecule has 0 unspecified atom stereocenters. The monoisotopic (exact) mass is 265 g/mol. The molecule has 0 N–H and O–H groups in total. The number of hydrogen-bond acceptors (Lipinski definition) is 3. The fourth-order valence-corrected chi connectivity index (χ4v) is 3.02. The van der Waals surface area contributed by atoms with Gasteiger partial charge in [-0.15, -0.1) is 11.3 Å². The Hall–Kier alpha value is -0.870. The third-order valence-corrected chi connectivity index (χ3v) is 4.54. The molecule has 1 aliphatic heterocycles. The molecule has 1 aliphatic carbocycles. The maximum atomic E-state index is 12.1. The Kier molecular flexibility index (Phi) is 3.66. The molecule has 1 saturated carbocycles. The van der Waals surface area contributed by atoms with E-state index in [2.05, 4.69) is 0 Å². The van der Waals surface area contributed by atoms with Crippen LogP contribution in [0.1, 0.15) is 24.1 Å². The molecule has 0 spiro atoms. The summed E-state index contributed by atoms with van der Waals surface area (Å²) in [6.45, 7) is 2.55. The first-order valence-corrected chi connectivity index (χ1v) is 7.61. The van der Waals surface area contributed by atoms with Gasteiger partial charge in [0.05, 0.1) is 12.5 Å². The van der Waals surface area contributed by atoms with Crippen molar-refractivity contribution in [3.8, 4) is 0 Å². The largest absolute Gasteiger partial charge is 0.376 e. The highest BCUT2D eigenvalue weighted by molar-refractivity contribution is 7.10. The van der Waals surface area contributed by atoms with E-state index in [-0.39, 0.29) is 12.0 Å². The first kappa shape index (κ1) is 12.2. The van der Waals surface area contributed by atoms with Gasteiger partial charge in [-0.3, -0.25) is 4.79 Å². The molecule has 0 aromatic carbocycles. The fraction of sp³-hybridized carbons (Fsp3) is 0.643. The summed E-state index contributed by atoms with van der Waals surface area (Å²) >= 11 is 1.65. The number of nitrogens with zero attached hydrogens (tertiary/aromatic N) is 1. The molecule has 1 aromatic heterocycles. The zero-order valence-electron chi connectivity index (χ0n) is 10.5.